The molecule has 1 aromatic heterocycles. The van der Waals surface area contributed by atoms with E-state index >= 15 is 0 Å². The van der Waals surface area contributed by atoms with Crippen LogP contribution in [-0.4, -0.2) is 52.4 Å². The van der Waals surface area contributed by atoms with Gasteiger partial charge in [-0.3, -0.25) is 9.69 Å². The number of para-hydroxylation sites is 1. The predicted octanol–water partition coefficient (Wildman–Crippen LogP) is 4.18. The minimum atomic E-state index is 0.166. The largest absolute Gasteiger partial charge is 0.351 e. The molecule has 0 saturated carbocycles. The first-order valence-electron chi connectivity index (χ1n) is 10.9. The van der Waals surface area contributed by atoms with Crippen LogP contribution >= 0.6 is 0 Å². The molecule has 5 heterocycles. The fourth-order valence-electron chi connectivity index (χ4n) is 6.10. The second-order valence-corrected chi connectivity index (χ2v) is 9.10. The molecule has 4 aliphatic heterocycles. The maximum absolute atomic E-state index is 13.7. The monoisotopic (exact) mass is 385 g/mol. The number of aromatic amines is 1. The number of rotatable bonds is 2. The molecule has 4 saturated heterocycles. The number of aromatic nitrogens is 1. The van der Waals surface area contributed by atoms with Crippen LogP contribution in [0.25, 0.3) is 10.9 Å². The topological polar surface area (TPSA) is 39.3 Å². The van der Waals surface area contributed by atoms with Crippen molar-refractivity contribution in [3.05, 3.63) is 71.4 Å². The van der Waals surface area contributed by atoms with Gasteiger partial charge in [0.05, 0.1) is 6.04 Å². The van der Waals surface area contributed by atoms with Crippen molar-refractivity contribution < 1.29 is 4.79 Å². The van der Waals surface area contributed by atoms with Crippen LogP contribution in [0.2, 0.25) is 0 Å². The molecule has 4 heteroatoms. The van der Waals surface area contributed by atoms with Crippen molar-refractivity contribution in [1.29, 1.82) is 0 Å². The van der Waals surface area contributed by atoms with E-state index in [1.807, 2.05) is 24.3 Å². The number of likely N-dealkylation sites (tertiary alicyclic amines) is 1. The molecular weight excluding hydrogens is 358 g/mol. The summed E-state index contributed by atoms with van der Waals surface area (Å²) in [6, 6.07) is 19.9. The third-order valence-electron chi connectivity index (χ3n) is 7.52. The fraction of sp³-hybridized carbons (Fsp3) is 0.400. The molecule has 148 valence electrons. The van der Waals surface area contributed by atoms with Gasteiger partial charge in [0, 0.05) is 29.4 Å². The summed E-state index contributed by atoms with van der Waals surface area (Å²) in [5.74, 6) is 1.20. The number of amides is 1. The fourth-order valence-corrected chi connectivity index (χ4v) is 6.10. The Morgan fingerprint density at radius 1 is 1.00 bits per heavy atom. The highest BCUT2D eigenvalue weighted by molar-refractivity contribution is 5.98. The summed E-state index contributed by atoms with van der Waals surface area (Å²) in [6.45, 7) is 5.32. The number of fused-ring (bicyclic) bond motifs is 3. The number of carbonyl (C=O) groups is 1. The zero-order valence-corrected chi connectivity index (χ0v) is 16.8. The molecule has 3 atom stereocenters. The lowest BCUT2D eigenvalue weighted by atomic mass is 9.75. The Labute approximate surface area is 171 Å². The van der Waals surface area contributed by atoms with E-state index < -0.39 is 0 Å². The van der Waals surface area contributed by atoms with Gasteiger partial charge < -0.3 is 9.88 Å². The van der Waals surface area contributed by atoms with Crippen molar-refractivity contribution in [3.8, 4) is 0 Å². The van der Waals surface area contributed by atoms with E-state index in [0.29, 0.717) is 23.9 Å². The molecule has 4 fully saturated rings. The lowest BCUT2D eigenvalue weighted by molar-refractivity contribution is -0.00355. The van der Waals surface area contributed by atoms with Crippen molar-refractivity contribution in [2.75, 3.05) is 19.6 Å². The molecule has 0 radical (unpaired) electrons. The van der Waals surface area contributed by atoms with Gasteiger partial charge in [-0.15, -0.1) is 0 Å². The lowest BCUT2D eigenvalue weighted by Gasteiger charge is -2.51. The molecule has 2 aromatic carbocycles. The van der Waals surface area contributed by atoms with E-state index in [9.17, 15) is 4.79 Å². The Balaban J connectivity index is 1.39. The summed E-state index contributed by atoms with van der Waals surface area (Å²) < 4.78 is 0. The number of piperidine rings is 3. The summed E-state index contributed by atoms with van der Waals surface area (Å²) in [6.07, 6.45) is 2.44. The summed E-state index contributed by atoms with van der Waals surface area (Å²) in [5, 5.41) is 1.11. The molecule has 0 spiro atoms. The first kappa shape index (κ1) is 17.3. The Bertz CT molecular complexity index is 1030. The zero-order valence-electron chi connectivity index (χ0n) is 16.8. The van der Waals surface area contributed by atoms with Crippen molar-refractivity contribution in [2.24, 2.45) is 5.92 Å². The maximum Gasteiger partial charge on any atom is 0.270 e. The quantitative estimate of drug-likeness (QED) is 0.719. The average Bonchev–Trinajstić information content (AvgIpc) is 3.38. The number of nitrogens with one attached hydrogen (secondary N) is 1. The molecule has 4 aliphatic rings. The van der Waals surface area contributed by atoms with Gasteiger partial charge in [0.2, 0.25) is 0 Å². The highest BCUT2D eigenvalue weighted by atomic mass is 16.2. The van der Waals surface area contributed by atoms with Crippen LogP contribution in [0.4, 0.5) is 0 Å². The number of H-pyrrole nitrogens is 1. The molecule has 3 aromatic rings. The average molecular weight is 386 g/mol. The summed E-state index contributed by atoms with van der Waals surface area (Å²) in [7, 11) is 0. The lowest BCUT2D eigenvalue weighted by Crippen LogP contribution is -2.60. The van der Waals surface area contributed by atoms with E-state index in [-0.39, 0.29) is 5.91 Å². The van der Waals surface area contributed by atoms with E-state index in [1.165, 1.54) is 37.1 Å². The predicted molar refractivity (Wildman–Crippen MR) is 115 cm³/mol. The Morgan fingerprint density at radius 2 is 1.76 bits per heavy atom. The van der Waals surface area contributed by atoms with Gasteiger partial charge in [-0.1, -0.05) is 48.0 Å². The standard InChI is InChI=1S/C25H27N3O/c1-16-6-8-17(9-7-16)20-15-28(23-18-10-12-27(13-11-18)24(20)23)25(29)22-14-19-4-2-3-5-21(19)26-22/h2-9,14,18,20,23-24,26H,10-13,15H2,1H3/t20-,23-,24-/m1/s1. The number of nitrogens with zero attached hydrogens (tertiary/aromatic N) is 2. The third-order valence-corrected chi connectivity index (χ3v) is 7.52. The maximum atomic E-state index is 13.7. The molecular formula is C25H27N3O. The second-order valence-electron chi connectivity index (χ2n) is 9.10. The van der Waals surface area contributed by atoms with Crippen LogP contribution in [0.5, 0.6) is 0 Å². The van der Waals surface area contributed by atoms with E-state index in [2.05, 4.69) is 52.0 Å². The van der Waals surface area contributed by atoms with Crippen LogP contribution in [-0.2, 0) is 0 Å². The van der Waals surface area contributed by atoms with E-state index in [1.54, 1.807) is 0 Å². The van der Waals surface area contributed by atoms with E-state index in [0.717, 1.165) is 23.1 Å². The summed E-state index contributed by atoms with van der Waals surface area (Å²) >= 11 is 0. The minimum absolute atomic E-state index is 0.166. The summed E-state index contributed by atoms with van der Waals surface area (Å²) in [4.78, 5) is 21.9. The number of hydrogen-bond acceptors (Lipinski definition) is 2. The Hall–Kier alpha value is -2.59. The SMILES string of the molecule is Cc1ccc([C@H]2CN(C(=O)c3cc4ccccc4[nH]3)[C@@H]3C4CCN(CC4)[C@H]23)cc1. The van der Waals surface area contributed by atoms with Crippen molar-refractivity contribution in [3.63, 3.8) is 0 Å². The zero-order chi connectivity index (χ0) is 19.5. The van der Waals surface area contributed by atoms with Crippen molar-refractivity contribution in [2.45, 2.75) is 37.8 Å². The van der Waals surface area contributed by atoms with E-state index in [4.69, 9.17) is 0 Å². The highest BCUT2D eigenvalue weighted by Gasteiger charge is 2.54. The van der Waals surface area contributed by atoms with Gasteiger partial charge in [0.15, 0.2) is 0 Å². The number of hydrogen-bond donors (Lipinski definition) is 1. The molecule has 2 bridgehead atoms. The first-order valence-corrected chi connectivity index (χ1v) is 10.9. The van der Waals surface area contributed by atoms with Crippen LogP contribution in [0.1, 0.15) is 40.4 Å². The minimum Gasteiger partial charge on any atom is -0.351 e. The molecule has 1 N–H and O–H groups in total. The number of benzene rings is 2. The van der Waals surface area contributed by atoms with Gasteiger partial charge >= 0.3 is 0 Å². The molecule has 1 amide bonds. The van der Waals surface area contributed by atoms with Crippen LogP contribution < -0.4 is 0 Å². The smallest absolute Gasteiger partial charge is 0.270 e. The Morgan fingerprint density at radius 3 is 2.52 bits per heavy atom. The van der Waals surface area contributed by atoms with Crippen LogP contribution in [0.3, 0.4) is 0 Å². The first-order chi connectivity index (χ1) is 14.2. The van der Waals surface area contributed by atoms with Gasteiger partial charge in [0.1, 0.15) is 5.69 Å². The normalized spacial score (nSPS) is 30.7. The molecule has 4 nitrogen and oxygen atoms in total. The Kier molecular flexibility index (Phi) is 3.85. The number of carbonyl (C=O) groups excluding carboxylic acids is 1. The number of aryl methyl sites for hydroxylation is 1. The third kappa shape index (κ3) is 2.66. The summed E-state index contributed by atoms with van der Waals surface area (Å²) in [5.41, 5.74) is 4.44. The van der Waals surface area contributed by atoms with Gasteiger partial charge in [-0.05, 0) is 56.5 Å². The van der Waals surface area contributed by atoms with Crippen molar-refractivity contribution in [1.82, 2.24) is 14.8 Å². The van der Waals surface area contributed by atoms with Crippen molar-refractivity contribution >= 4 is 16.8 Å². The molecule has 29 heavy (non-hydrogen) atoms. The van der Waals surface area contributed by atoms with Crippen LogP contribution in [0, 0.1) is 12.8 Å². The second kappa shape index (κ2) is 6.46. The molecule has 7 rings (SSSR count). The molecule has 0 aliphatic carbocycles. The van der Waals surface area contributed by atoms with Gasteiger partial charge in [0.25, 0.3) is 5.91 Å². The van der Waals surface area contributed by atoms with Gasteiger partial charge in [-0.2, -0.15) is 0 Å². The molecule has 0 unspecified atom stereocenters. The highest BCUT2D eigenvalue weighted by Crippen LogP contribution is 2.47. The van der Waals surface area contributed by atoms with Gasteiger partial charge in [-0.25, -0.2) is 0 Å². The van der Waals surface area contributed by atoms with Crippen LogP contribution in [0.15, 0.2) is 54.6 Å².